The Hall–Kier alpha value is -2.38. The minimum absolute atomic E-state index is 0.00825. The normalized spacial score (nSPS) is 14.8. The van der Waals surface area contributed by atoms with E-state index in [-0.39, 0.29) is 62.4 Å². The molecule has 9 nitrogen and oxygen atoms in total. The average Bonchev–Trinajstić information content (AvgIpc) is 2.84. The maximum atomic E-state index is 13.0. The first-order valence-corrected chi connectivity index (χ1v) is 14.8. The van der Waals surface area contributed by atoms with Gasteiger partial charge < -0.3 is 10.1 Å². The van der Waals surface area contributed by atoms with Crippen molar-refractivity contribution in [2.45, 2.75) is 9.79 Å². The first kappa shape index (κ1) is 27.6. The van der Waals surface area contributed by atoms with Crippen molar-refractivity contribution in [3.05, 3.63) is 81.3 Å². The number of carbonyl (C=O) groups is 1. The van der Waals surface area contributed by atoms with Crippen LogP contribution in [0.4, 0.5) is 11.4 Å². The SMILES string of the molecule is O=C(Nc1ccc(S(=O)(=O)Nc2cc(Cl)cc(Cl)c2)cc1)c1ccc(Cl)c(S(=O)(=O)N2CCOCC2)c1. The first-order valence-electron chi connectivity index (χ1n) is 10.7. The molecule has 0 saturated carbocycles. The van der Waals surface area contributed by atoms with Gasteiger partial charge in [0.1, 0.15) is 4.90 Å². The predicted molar refractivity (Wildman–Crippen MR) is 143 cm³/mol. The van der Waals surface area contributed by atoms with Crippen LogP contribution in [-0.4, -0.2) is 53.4 Å². The van der Waals surface area contributed by atoms with E-state index in [1.165, 1.54) is 65.0 Å². The number of ether oxygens (including phenoxy) is 1. The minimum atomic E-state index is -3.96. The summed E-state index contributed by atoms with van der Waals surface area (Å²) in [5.74, 6) is -0.600. The lowest BCUT2D eigenvalue weighted by molar-refractivity contribution is 0.0730. The molecule has 0 aliphatic carbocycles. The smallest absolute Gasteiger partial charge is 0.261 e. The summed E-state index contributed by atoms with van der Waals surface area (Å²) in [5, 5.41) is 3.15. The fraction of sp³-hybridized carbons (Fsp3) is 0.174. The third kappa shape index (κ3) is 6.55. The summed E-state index contributed by atoms with van der Waals surface area (Å²) in [6, 6.07) is 13.7. The Balaban J connectivity index is 1.50. The van der Waals surface area contributed by atoms with E-state index in [4.69, 9.17) is 39.5 Å². The number of hydrogen-bond donors (Lipinski definition) is 2. The topological polar surface area (TPSA) is 122 Å². The summed E-state index contributed by atoms with van der Waals surface area (Å²) in [6.07, 6.45) is 0. The summed E-state index contributed by atoms with van der Waals surface area (Å²) in [5.41, 5.74) is 0.551. The van der Waals surface area contributed by atoms with Gasteiger partial charge in [0, 0.05) is 34.4 Å². The number of hydrogen-bond acceptors (Lipinski definition) is 6. The molecule has 4 rings (SSSR count). The van der Waals surface area contributed by atoms with Gasteiger partial charge in [-0.15, -0.1) is 0 Å². The number of nitrogens with zero attached hydrogens (tertiary/aromatic N) is 1. The summed E-state index contributed by atoms with van der Waals surface area (Å²) in [4.78, 5) is 12.6. The zero-order valence-electron chi connectivity index (χ0n) is 18.9. The van der Waals surface area contributed by atoms with Crippen LogP contribution in [0.15, 0.2) is 70.5 Å². The van der Waals surface area contributed by atoms with E-state index in [9.17, 15) is 21.6 Å². The molecule has 2 N–H and O–H groups in total. The van der Waals surface area contributed by atoms with Gasteiger partial charge in [0.05, 0.1) is 28.8 Å². The molecular formula is C23H20Cl3N3O6S2. The highest BCUT2D eigenvalue weighted by Gasteiger charge is 2.29. The van der Waals surface area contributed by atoms with Crippen LogP contribution in [0.5, 0.6) is 0 Å². The quantitative estimate of drug-likeness (QED) is 0.403. The van der Waals surface area contributed by atoms with Gasteiger partial charge in [-0.3, -0.25) is 9.52 Å². The zero-order valence-corrected chi connectivity index (χ0v) is 22.8. The molecule has 0 unspecified atom stereocenters. The zero-order chi connectivity index (χ0) is 26.8. The maximum Gasteiger partial charge on any atom is 0.261 e. The van der Waals surface area contributed by atoms with Crippen molar-refractivity contribution in [3.63, 3.8) is 0 Å². The number of halogens is 3. The molecule has 37 heavy (non-hydrogen) atoms. The number of sulfonamides is 2. The Morgan fingerprint density at radius 2 is 1.43 bits per heavy atom. The lowest BCUT2D eigenvalue weighted by atomic mass is 10.2. The number of benzene rings is 3. The highest BCUT2D eigenvalue weighted by Crippen LogP contribution is 2.28. The second-order valence-corrected chi connectivity index (χ2v) is 12.8. The molecule has 0 bridgehead atoms. The minimum Gasteiger partial charge on any atom is -0.379 e. The van der Waals surface area contributed by atoms with Crippen LogP contribution in [0.25, 0.3) is 0 Å². The Morgan fingerprint density at radius 1 is 0.811 bits per heavy atom. The van der Waals surface area contributed by atoms with Gasteiger partial charge in [0.25, 0.3) is 15.9 Å². The third-order valence-corrected chi connectivity index (χ3v) is 9.53. The van der Waals surface area contributed by atoms with Gasteiger partial charge in [-0.05, 0) is 60.7 Å². The summed E-state index contributed by atoms with van der Waals surface area (Å²) in [6.45, 7) is 0.906. The molecule has 0 atom stereocenters. The van der Waals surface area contributed by atoms with Gasteiger partial charge in [-0.25, -0.2) is 16.8 Å². The van der Waals surface area contributed by atoms with Crippen molar-refractivity contribution in [1.82, 2.24) is 4.31 Å². The number of carbonyl (C=O) groups excluding carboxylic acids is 1. The van der Waals surface area contributed by atoms with E-state index in [0.29, 0.717) is 5.69 Å². The Kier molecular flexibility index (Phi) is 8.34. The number of nitrogens with one attached hydrogen (secondary N) is 2. The highest BCUT2D eigenvalue weighted by molar-refractivity contribution is 7.92. The van der Waals surface area contributed by atoms with E-state index < -0.39 is 26.0 Å². The second-order valence-electron chi connectivity index (χ2n) is 7.90. The third-order valence-electron chi connectivity index (χ3n) is 5.32. The van der Waals surface area contributed by atoms with Gasteiger partial charge in [-0.1, -0.05) is 34.8 Å². The van der Waals surface area contributed by atoms with Crippen LogP contribution < -0.4 is 10.0 Å². The van der Waals surface area contributed by atoms with Crippen molar-refractivity contribution in [2.75, 3.05) is 36.3 Å². The molecular weight excluding hydrogens is 585 g/mol. The Morgan fingerprint density at radius 3 is 2.05 bits per heavy atom. The Labute approximate surface area is 229 Å². The molecule has 1 heterocycles. The molecule has 1 amide bonds. The number of amides is 1. The van der Waals surface area contributed by atoms with E-state index in [1.807, 2.05) is 0 Å². The largest absolute Gasteiger partial charge is 0.379 e. The van der Waals surface area contributed by atoms with E-state index in [0.717, 1.165) is 0 Å². The van der Waals surface area contributed by atoms with Gasteiger partial charge >= 0.3 is 0 Å². The van der Waals surface area contributed by atoms with E-state index in [1.54, 1.807) is 0 Å². The molecule has 1 saturated heterocycles. The van der Waals surface area contributed by atoms with Crippen LogP contribution in [0.2, 0.25) is 15.1 Å². The molecule has 3 aromatic rings. The first-order chi connectivity index (χ1) is 17.5. The van der Waals surface area contributed by atoms with Crippen LogP contribution in [0.3, 0.4) is 0 Å². The Bertz CT molecular complexity index is 1520. The molecule has 14 heteroatoms. The fourth-order valence-electron chi connectivity index (χ4n) is 3.52. The van der Waals surface area contributed by atoms with Crippen LogP contribution in [-0.2, 0) is 24.8 Å². The van der Waals surface area contributed by atoms with Crippen molar-refractivity contribution in [3.8, 4) is 0 Å². The summed E-state index contributed by atoms with van der Waals surface area (Å²) < 4.78 is 60.3. The predicted octanol–water partition coefficient (Wildman–Crippen LogP) is 4.72. The molecule has 1 aliphatic rings. The van der Waals surface area contributed by atoms with Crippen molar-refractivity contribution >= 4 is 72.1 Å². The van der Waals surface area contributed by atoms with Crippen molar-refractivity contribution in [2.24, 2.45) is 0 Å². The van der Waals surface area contributed by atoms with Gasteiger partial charge in [-0.2, -0.15) is 4.31 Å². The molecule has 0 radical (unpaired) electrons. The maximum absolute atomic E-state index is 13.0. The van der Waals surface area contributed by atoms with E-state index in [2.05, 4.69) is 10.0 Å². The number of anilines is 2. The monoisotopic (exact) mass is 603 g/mol. The molecule has 1 aliphatic heterocycles. The van der Waals surface area contributed by atoms with Crippen molar-refractivity contribution in [1.29, 1.82) is 0 Å². The van der Waals surface area contributed by atoms with Gasteiger partial charge in [0.15, 0.2) is 0 Å². The number of morpholine rings is 1. The fourth-order valence-corrected chi connectivity index (χ4v) is 6.99. The number of rotatable bonds is 7. The molecule has 0 aromatic heterocycles. The second kappa shape index (κ2) is 11.2. The molecule has 3 aromatic carbocycles. The lowest BCUT2D eigenvalue weighted by Gasteiger charge is -2.26. The molecule has 0 spiro atoms. The molecule has 196 valence electrons. The van der Waals surface area contributed by atoms with Crippen LogP contribution in [0.1, 0.15) is 10.4 Å². The lowest BCUT2D eigenvalue weighted by Crippen LogP contribution is -2.40. The molecule has 1 fully saturated rings. The summed E-state index contributed by atoms with van der Waals surface area (Å²) in [7, 11) is -7.88. The highest BCUT2D eigenvalue weighted by atomic mass is 35.5. The van der Waals surface area contributed by atoms with Gasteiger partial charge in [0.2, 0.25) is 10.0 Å². The van der Waals surface area contributed by atoms with Crippen LogP contribution in [0, 0.1) is 0 Å². The van der Waals surface area contributed by atoms with Crippen molar-refractivity contribution < 1.29 is 26.4 Å². The summed E-state index contributed by atoms with van der Waals surface area (Å²) >= 11 is 18.0. The standard InChI is InChI=1S/C23H20Cl3N3O6S2/c24-16-12-17(25)14-19(13-16)28-36(31,32)20-4-2-18(3-5-20)27-23(30)15-1-6-21(26)22(11-15)37(33,34)29-7-9-35-10-8-29/h1-6,11-14,28H,7-10H2,(H,27,30). The van der Waals surface area contributed by atoms with E-state index >= 15 is 0 Å². The average molecular weight is 605 g/mol. The van der Waals surface area contributed by atoms with Crippen LogP contribution >= 0.6 is 34.8 Å².